The highest BCUT2D eigenvalue weighted by Crippen LogP contribution is 2.34. The Morgan fingerprint density at radius 3 is 2.38 bits per heavy atom. The van der Waals surface area contributed by atoms with Gasteiger partial charge < -0.3 is 4.90 Å². The lowest BCUT2D eigenvalue weighted by Crippen LogP contribution is -2.41. The molecule has 2 atom stereocenters. The number of halogens is 1. The maximum absolute atomic E-state index is 13.2. The van der Waals surface area contributed by atoms with E-state index < -0.39 is 10.0 Å². The second-order valence-electron chi connectivity index (χ2n) is 8.23. The van der Waals surface area contributed by atoms with Gasteiger partial charge >= 0.3 is 0 Å². The molecule has 1 aliphatic carbocycles. The van der Waals surface area contributed by atoms with Gasteiger partial charge in [-0.1, -0.05) is 18.5 Å². The predicted octanol–water partition coefficient (Wildman–Crippen LogP) is 4.23. The fourth-order valence-corrected chi connectivity index (χ4v) is 6.28. The second-order valence-corrected chi connectivity index (χ2v) is 10.6. The smallest absolute Gasteiger partial charge is 0.243 e. The first-order valence-corrected chi connectivity index (χ1v) is 11.5. The van der Waals surface area contributed by atoms with Gasteiger partial charge in [0, 0.05) is 24.2 Å². The number of likely N-dealkylation sites (tertiary alicyclic amines) is 1. The van der Waals surface area contributed by atoms with E-state index in [0.717, 1.165) is 43.8 Å². The van der Waals surface area contributed by atoms with Crippen LogP contribution in [0.5, 0.6) is 0 Å². The number of hydrogen-bond acceptors (Lipinski definition) is 3. The van der Waals surface area contributed by atoms with E-state index in [1.807, 2.05) is 13.8 Å². The molecule has 2 fully saturated rings. The molecule has 0 bridgehead atoms. The number of aryl methyl sites for hydroxylation is 2. The van der Waals surface area contributed by atoms with Crippen molar-refractivity contribution in [1.29, 1.82) is 0 Å². The molecule has 1 heterocycles. The van der Waals surface area contributed by atoms with Crippen LogP contribution in [0.1, 0.15) is 50.2 Å². The number of sulfonamides is 1. The summed E-state index contributed by atoms with van der Waals surface area (Å²) in [6.07, 6.45) is 5.50. The molecule has 2 aliphatic rings. The van der Waals surface area contributed by atoms with E-state index in [0.29, 0.717) is 21.5 Å². The van der Waals surface area contributed by atoms with Crippen LogP contribution < -0.4 is 0 Å². The minimum absolute atomic E-state index is 0.0831. The number of piperidine rings is 1. The average molecular weight is 399 g/mol. The molecular formula is C20H31ClN2O2S. The van der Waals surface area contributed by atoms with E-state index in [2.05, 4.69) is 11.8 Å². The quantitative estimate of drug-likeness (QED) is 0.761. The lowest BCUT2D eigenvalue weighted by molar-refractivity contribution is 0.136. The number of rotatable bonds is 4. The Bertz CT molecular complexity index is 757. The van der Waals surface area contributed by atoms with E-state index >= 15 is 0 Å². The zero-order chi connectivity index (χ0) is 19.1. The molecule has 0 amide bonds. The summed E-state index contributed by atoms with van der Waals surface area (Å²) < 4.78 is 28.0. The molecule has 4 nitrogen and oxygen atoms in total. The normalized spacial score (nSPS) is 25.9. The molecule has 0 radical (unpaired) electrons. The van der Waals surface area contributed by atoms with Crippen LogP contribution in [0.25, 0.3) is 0 Å². The van der Waals surface area contributed by atoms with Crippen LogP contribution in [0.15, 0.2) is 17.0 Å². The minimum Gasteiger partial charge on any atom is -0.300 e. The molecule has 26 heavy (non-hydrogen) atoms. The molecule has 1 saturated carbocycles. The van der Waals surface area contributed by atoms with Crippen LogP contribution in [0, 0.1) is 19.8 Å². The van der Waals surface area contributed by atoms with Gasteiger partial charge in [0.2, 0.25) is 10.0 Å². The van der Waals surface area contributed by atoms with Crippen LogP contribution in [0.3, 0.4) is 0 Å². The molecule has 1 saturated heterocycles. The lowest BCUT2D eigenvalue weighted by atomic mass is 9.97. The van der Waals surface area contributed by atoms with Crippen LogP contribution in [-0.4, -0.2) is 49.8 Å². The summed E-state index contributed by atoms with van der Waals surface area (Å²) in [5, 5.41) is 0.615. The molecular weight excluding hydrogens is 368 g/mol. The average Bonchev–Trinajstić information content (AvgIpc) is 3.07. The zero-order valence-electron chi connectivity index (χ0n) is 16.3. The maximum Gasteiger partial charge on any atom is 0.243 e. The molecule has 1 aromatic carbocycles. The summed E-state index contributed by atoms with van der Waals surface area (Å²) in [4.78, 5) is 2.97. The highest BCUT2D eigenvalue weighted by Gasteiger charge is 2.37. The predicted molar refractivity (Wildman–Crippen MR) is 107 cm³/mol. The monoisotopic (exact) mass is 398 g/mol. The van der Waals surface area contributed by atoms with Crippen molar-refractivity contribution in [3.8, 4) is 0 Å². The van der Waals surface area contributed by atoms with Crippen molar-refractivity contribution in [1.82, 2.24) is 9.21 Å². The Morgan fingerprint density at radius 1 is 1.08 bits per heavy atom. The highest BCUT2D eigenvalue weighted by atomic mass is 35.5. The Balaban J connectivity index is 1.73. The molecule has 146 valence electrons. The number of hydrogen-bond donors (Lipinski definition) is 0. The fraction of sp³-hybridized carbons (Fsp3) is 0.700. The summed E-state index contributed by atoms with van der Waals surface area (Å²) >= 11 is 6.14. The summed E-state index contributed by atoms with van der Waals surface area (Å²) in [6, 6.07) is 4.07. The van der Waals surface area contributed by atoms with Crippen LogP contribution in [0.4, 0.5) is 0 Å². The van der Waals surface area contributed by atoms with Gasteiger partial charge in [-0.2, -0.15) is 4.31 Å². The van der Waals surface area contributed by atoms with E-state index in [9.17, 15) is 8.42 Å². The number of nitrogens with zero attached hydrogens (tertiary/aromatic N) is 2. The van der Waals surface area contributed by atoms with Gasteiger partial charge in [0.05, 0.1) is 4.90 Å². The van der Waals surface area contributed by atoms with Crippen molar-refractivity contribution >= 4 is 21.6 Å². The third-order valence-electron chi connectivity index (χ3n) is 6.34. The summed E-state index contributed by atoms with van der Waals surface area (Å²) in [7, 11) is -1.76. The Hall–Kier alpha value is -0.620. The van der Waals surface area contributed by atoms with Crippen molar-refractivity contribution in [2.24, 2.45) is 5.92 Å². The summed E-state index contributed by atoms with van der Waals surface area (Å²) in [6.45, 7) is 8.31. The Kier molecular flexibility index (Phi) is 6.02. The first-order chi connectivity index (χ1) is 12.2. The number of benzene rings is 1. The van der Waals surface area contributed by atoms with E-state index in [-0.39, 0.29) is 6.04 Å². The van der Waals surface area contributed by atoms with Crippen molar-refractivity contribution in [2.45, 2.75) is 69.9 Å². The molecule has 1 aliphatic heterocycles. The van der Waals surface area contributed by atoms with Crippen molar-refractivity contribution in [3.63, 3.8) is 0 Å². The largest absolute Gasteiger partial charge is 0.300 e. The molecule has 3 rings (SSSR count). The topological polar surface area (TPSA) is 40.6 Å². The van der Waals surface area contributed by atoms with Crippen molar-refractivity contribution in [2.75, 3.05) is 20.1 Å². The van der Waals surface area contributed by atoms with E-state index in [1.54, 1.807) is 23.5 Å². The maximum atomic E-state index is 13.2. The van der Waals surface area contributed by atoms with Crippen LogP contribution in [-0.2, 0) is 10.0 Å². The van der Waals surface area contributed by atoms with Gasteiger partial charge in [0.1, 0.15) is 0 Å². The highest BCUT2D eigenvalue weighted by molar-refractivity contribution is 7.89. The van der Waals surface area contributed by atoms with Crippen LogP contribution in [0.2, 0.25) is 5.02 Å². The van der Waals surface area contributed by atoms with E-state index in [4.69, 9.17) is 11.6 Å². The Morgan fingerprint density at radius 2 is 1.73 bits per heavy atom. The molecule has 0 N–H and O–H groups in total. The first kappa shape index (κ1) is 20.1. The molecule has 6 heteroatoms. The third-order valence-corrected chi connectivity index (χ3v) is 8.80. The molecule has 0 spiro atoms. The van der Waals surface area contributed by atoms with Crippen LogP contribution >= 0.6 is 11.6 Å². The van der Waals surface area contributed by atoms with E-state index in [1.165, 1.54) is 12.8 Å². The second kappa shape index (κ2) is 7.78. The van der Waals surface area contributed by atoms with Gasteiger partial charge in [0.25, 0.3) is 0 Å². The molecule has 0 aromatic heterocycles. The van der Waals surface area contributed by atoms with Gasteiger partial charge in [-0.3, -0.25) is 0 Å². The SMILES string of the molecule is Cc1cc(S(=O)(=O)N(C)[C@@H]2CC[C@H](N3CCC(C)CC3)C2)c(C)cc1Cl. The minimum atomic E-state index is -3.50. The van der Waals surface area contributed by atoms with Gasteiger partial charge in [-0.25, -0.2) is 8.42 Å². The van der Waals surface area contributed by atoms with Gasteiger partial charge in [-0.15, -0.1) is 0 Å². The third kappa shape index (κ3) is 3.96. The molecule has 1 aromatic rings. The van der Waals surface area contributed by atoms with Crippen molar-refractivity contribution in [3.05, 3.63) is 28.3 Å². The summed E-state index contributed by atoms with van der Waals surface area (Å²) in [5.74, 6) is 0.822. The summed E-state index contributed by atoms with van der Waals surface area (Å²) in [5.41, 5.74) is 1.52. The fourth-order valence-electron chi connectivity index (χ4n) is 4.37. The Labute approximate surface area is 163 Å². The standard InChI is InChI=1S/C20H31ClN2O2S/c1-14-7-9-23(10-8-14)18-6-5-17(13-18)22(4)26(24,25)20-12-15(2)19(21)11-16(20)3/h11-12,14,17-18H,5-10,13H2,1-4H3/t17-,18+/m1/s1. The van der Waals surface area contributed by atoms with Crippen molar-refractivity contribution < 1.29 is 8.42 Å². The lowest BCUT2D eigenvalue weighted by Gasteiger charge is -2.35. The van der Waals surface area contributed by atoms with Gasteiger partial charge in [-0.05, 0) is 88.2 Å². The molecule has 0 unspecified atom stereocenters. The first-order valence-electron chi connectivity index (χ1n) is 9.69. The van der Waals surface area contributed by atoms with Gasteiger partial charge in [0.15, 0.2) is 0 Å². The zero-order valence-corrected chi connectivity index (χ0v) is 17.9.